The molecule has 0 fully saturated rings. The maximum absolute atomic E-state index is 13.3. The van der Waals surface area contributed by atoms with E-state index in [2.05, 4.69) is 10.6 Å². The fourth-order valence-corrected chi connectivity index (χ4v) is 4.65. The summed E-state index contributed by atoms with van der Waals surface area (Å²) in [6.07, 6.45) is 0. The van der Waals surface area contributed by atoms with Gasteiger partial charge in [-0.3, -0.25) is 9.59 Å². The standard InChI is InChI=1S/C29H26N2O3S/c1-20-10-6-7-13-24(20)28(32)30-22-16-18-23(19-17-22)35-27(21-11-4-3-5-12-21)29(33)31-25-14-8-9-15-26(25)34-2/h3-19,27H,1-2H3,(H,30,32)(H,31,33). The molecule has 0 bridgehead atoms. The molecule has 4 rings (SSSR count). The lowest BCUT2D eigenvalue weighted by Gasteiger charge is -2.18. The Morgan fingerprint density at radius 3 is 2.14 bits per heavy atom. The molecule has 6 heteroatoms. The number of nitrogens with one attached hydrogen (secondary N) is 2. The van der Waals surface area contributed by atoms with Crippen molar-refractivity contribution in [3.8, 4) is 5.75 Å². The zero-order valence-corrected chi connectivity index (χ0v) is 20.3. The van der Waals surface area contributed by atoms with E-state index < -0.39 is 5.25 Å². The normalized spacial score (nSPS) is 11.4. The van der Waals surface area contributed by atoms with Gasteiger partial charge in [0.2, 0.25) is 5.91 Å². The summed E-state index contributed by atoms with van der Waals surface area (Å²) < 4.78 is 5.38. The summed E-state index contributed by atoms with van der Waals surface area (Å²) >= 11 is 1.44. The van der Waals surface area contributed by atoms with Crippen LogP contribution in [0.2, 0.25) is 0 Å². The quantitative estimate of drug-likeness (QED) is 0.273. The Hall–Kier alpha value is -4.03. The summed E-state index contributed by atoms with van der Waals surface area (Å²) in [4.78, 5) is 26.9. The number of carbonyl (C=O) groups excluding carboxylic acids is 2. The summed E-state index contributed by atoms with van der Waals surface area (Å²) in [6, 6.07) is 32.0. The lowest BCUT2D eigenvalue weighted by Crippen LogP contribution is -2.19. The van der Waals surface area contributed by atoms with Crippen LogP contribution in [-0.4, -0.2) is 18.9 Å². The highest BCUT2D eigenvalue weighted by atomic mass is 32.2. The summed E-state index contributed by atoms with van der Waals surface area (Å²) in [5.41, 5.74) is 3.77. The molecule has 1 unspecified atom stereocenters. The van der Waals surface area contributed by atoms with E-state index in [4.69, 9.17) is 4.74 Å². The predicted octanol–water partition coefficient (Wildman–Crippen LogP) is 6.73. The minimum absolute atomic E-state index is 0.150. The molecule has 0 aliphatic carbocycles. The van der Waals surface area contributed by atoms with Gasteiger partial charge in [-0.2, -0.15) is 0 Å². The number of hydrogen-bond donors (Lipinski definition) is 2. The fraction of sp³-hybridized carbons (Fsp3) is 0.103. The molecule has 1 atom stereocenters. The van der Waals surface area contributed by atoms with Crippen LogP contribution in [0.25, 0.3) is 0 Å². The van der Waals surface area contributed by atoms with Gasteiger partial charge < -0.3 is 15.4 Å². The minimum atomic E-state index is -0.478. The highest BCUT2D eigenvalue weighted by Crippen LogP contribution is 2.37. The number of thioether (sulfide) groups is 1. The van der Waals surface area contributed by atoms with Crippen LogP contribution in [0.3, 0.4) is 0 Å². The van der Waals surface area contributed by atoms with Crippen molar-refractivity contribution < 1.29 is 14.3 Å². The zero-order valence-electron chi connectivity index (χ0n) is 19.5. The van der Waals surface area contributed by atoms with Gasteiger partial charge in [0, 0.05) is 16.1 Å². The SMILES string of the molecule is COc1ccccc1NC(=O)C(Sc1ccc(NC(=O)c2ccccc2C)cc1)c1ccccc1. The van der Waals surface area contributed by atoms with Gasteiger partial charge in [-0.15, -0.1) is 11.8 Å². The van der Waals surface area contributed by atoms with Crippen LogP contribution in [0.1, 0.15) is 26.7 Å². The number of benzene rings is 4. The Bertz CT molecular complexity index is 1310. The van der Waals surface area contributed by atoms with Gasteiger partial charge >= 0.3 is 0 Å². The molecule has 35 heavy (non-hydrogen) atoms. The minimum Gasteiger partial charge on any atom is -0.495 e. The van der Waals surface area contributed by atoms with Crippen molar-refractivity contribution >= 4 is 35.0 Å². The largest absolute Gasteiger partial charge is 0.495 e. The topological polar surface area (TPSA) is 67.4 Å². The van der Waals surface area contributed by atoms with Crippen LogP contribution in [0.15, 0.2) is 108 Å². The number of amides is 2. The zero-order chi connectivity index (χ0) is 24.6. The van der Waals surface area contributed by atoms with Gasteiger partial charge in [0.15, 0.2) is 0 Å². The Labute approximate surface area is 209 Å². The number of aryl methyl sites for hydroxylation is 1. The lowest BCUT2D eigenvalue weighted by atomic mass is 10.1. The maximum atomic E-state index is 13.3. The molecule has 0 heterocycles. The molecule has 0 aliphatic heterocycles. The van der Waals surface area contributed by atoms with Gasteiger partial charge in [-0.05, 0) is 60.5 Å². The molecule has 0 saturated carbocycles. The molecule has 0 aromatic heterocycles. The first-order chi connectivity index (χ1) is 17.0. The van der Waals surface area contributed by atoms with Crippen molar-refractivity contribution in [1.82, 2.24) is 0 Å². The molecule has 0 aliphatic rings. The molecule has 4 aromatic carbocycles. The van der Waals surface area contributed by atoms with E-state index in [-0.39, 0.29) is 11.8 Å². The molecular weight excluding hydrogens is 456 g/mol. The molecule has 0 spiro atoms. The highest BCUT2D eigenvalue weighted by Gasteiger charge is 2.23. The van der Waals surface area contributed by atoms with Gasteiger partial charge in [0.05, 0.1) is 12.8 Å². The first-order valence-electron chi connectivity index (χ1n) is 11.2. The first kappa shape index (κ1) is 24.1. The van der Waals surface area contributed by atoms with Crippen molar-refractivity contribution in [3.63, 3.8) is 0 Å². The maximum Gasteiger partial charge on any atom is 0.255 e. The third kappa shape index (κ3) is 6.11. The van der Waals surface area contributed by atoms with Crippen LogP contribution in [-0.2, 0) is 4.79 Å². The van der Waals surface area contributed by atoms with Crippen molar-refractivity contribution in [3.05, 3.63) is 120 Å². The number of methoxy groups -OCH3 is 1. The fourth-order valence-electron chi connectivity index (χ4n) is 3.63. The van der Waals surface area contributed by atoms with Crippen LogP contribution in [0.4, 0.5) is 11.4 Å². The molecule has 2 amide bonds. The lowest BCUT2D eigenvalue weighted by molar-refractivity contribution is -0.115. The molecule has 176 valence electrons. The average molecular weight is 483 g/mol. The number of carbonyl (C=O) groups is 2. The Morgan fingerprint density at radius 1 is 0.771 bits per heavy atom. The highest BCUT2D eigenvalue weighted by molar-refractivity contribution is 8.00. The van der Waals surface area contributed by atoms with Crippen LogP contribution < -0.4 is 15.4 Å². The third-order valence-electron chi connectivity index (χ3n) is 5.46. The summed E-state index contributed by atoms with van der Waals surface area (Å²) in [6.45, 7) is 1.91. The molecule has 2 N–H and O–H groups in total. The van der Waals surface area contributed by atoms with E-state index in [1.54, 1.807) is 13.2 Å². The second-order valence-electron chi connectivity index (χ2n) is 7.89. The van der Waals surface area contributed by atoms with E-state index in [0.29, 0.717) is 22.7 Å². The first-order valence-corrected chi connectivity index (χ1v) is 12.1. The summed E-state index contributed by atoms with van der Waals surface area (Å²) in [5.74, 6) is 0.302. The molecule has 0 radical (unpaired) electrons. The molecule has 5 nitrogen and oxygen atoms in total. The smallest absolute Gasteiger partial charge is 0.255 e. The monoisotopic (exact) mass is 482 g/mol. The van der Waals surface area contributed by atoms with Crippen molar-refractivity contribution in [2.45, 2.75) is 17.1 Å². The van der Waals surface area contributed by atoms with E-state index in [1.807, 2.05) is 104 Å². The van der Waals surface area contributed by atoms with Gasteiger partial charge in [0.1, 0.15) is 11.0 Å². The van der Waals surface area contributed by atoms with Crippen molar-refractivity contribution in [2.24, 2.45) is 0 Å². The summed E-state index contributed by atoms with van der Waals surface area (Å²) in [7, 11) is 1.58. The summed E-state index contributed by atoms with van der Waals surface area (Å²) in [5, 5.41) is 5.46. The predicted molar refractivity (Wildman–Crippen MR) is 142 cm³/mol. The molecule has 4 aromatic rings. The van der Waals surface area contributed by atoms with Crippen LogP contribution >= 0.6 is 11.8 Å². The van der Waals surface area contributed by atoms with Gasteiger partial charge in [0.25, 0.3) is 5.91 Å². The van der Waals surface area contributed by atoms with Crippen molar-refractivity contribution in [1.29, 1.82) is 0 Å². The number of hydrogen-bond acceptors (Lipinski definition) is 4. The number of anilines is 2. The number of ether oxygens (including phenoxy) is 1. The molecule has 0 saturated heterocycles. The van der Waals surface area contributed by atoms with Crippen LogP contribution in [0, 0.1) is 6.92 Å². The average Bonchev–Trinajstić information content (AvgIpc) is 2.89. The van der Waals surface area contributed by atoms with Gasteiger partial charge in [-0.1, -0.05) is 60.7 Å². The second kappa shape index (κ2) is 11.4. The van der Waals surface area contributed by atoms with Gasteiger partial charge in [-0.25, -0.2) is 0 Å². The molecular formula is C29H26N2O3S. The van der Waals surface area contributed by atoms with Crippen LogP contribution in [0.5, 0.6) is 5.75 Å². The van der Waals surface area contributed by atoms with E-state index in [9.17, 15) is 9.59 Å². The van der Waals surface area contributed by atoms with Crippen molar-refractivity contribution in [2.75, 3.05) is 17.7 Å². The number of rotatable bonds is 8. The Kier molecular flexibility index (Phi) is 7.85. The Morgan fingerprint density at radius 2 is 1.43 bits per heavy atom. The number of para-hydroxylation sites is 2. The Balaban J connectivity index is 1.51. The van der Waals surface area contributed by atoms with E-state index in [0.717, 1.165) is 16.0 Å². The third-order valence-corrected chi connectivity index (χ3v) is 6.73. The van der Waals surface area contributed by atoms with E-state index in [1.165, 1.54) is 11.8 Å². The van der Waals surface area contributed by atoms with E-state index >= 15 is 0 Å². The second-order valence-corrected chi connectivity index (χ2v) is 9.07.